The van der Waals surface area contributed by atoms with E-state index in [4.69, 9.17) is 0 Å². The summed E-state index contributed by atoms with van der Waals surface area (Å²) >= 11 is 0. The molecule has 1 amide bonds. The van der Waals surface area contributed by atoms with Gasteiger partial charge in [-0.25, -0.2) is 0 Å². The molecule has 0 aliphatic carbocycles. The topological polar surface area (TPSA) is 49.0 Å². The average molecular weight is 193 g/mol. The highest BCUT2D eigenvalue weighted by Crippen LogP contribution is 2.30. The zero-order valence-corrected chi connectivity index (χ0v) is 8.36. The largest absolute Gasteiger partial charge is 0.334 e. The lowest BCUT2D eigenvalue weighted by Gasteiger charge is -2.22. The predicted octanol–water partition coefficient (Wildman–Crippen LogP) is 1.48. The van der Waals surface area contributed by atoms with Crippen molar-refractivity contribution in [3.05, 3.63) is 18.0 Å². The van der Waals surface area contributed by atoms with Crippen molar-refractivity contribution < 1.29 is 4.79 Å². The normalized spacial score (nSPS) is 21.5. The van der Waals surface area contributed by atoms with Gasteiger partial charge in [0.1, 0.15) is 0 Å². The van der Waals surface area contributed by atoms with Crippen LogP contribution in [0.25, 0.3) is 0 Å². The number of likely N-dealkylation sites (tertiary alicyclic amines) is 1. The van der Waals surface area contributed by atoms with Gasteiger partial charge in [0.2, 0.25) is 5.91 Å². The molecule has 0 bridgehead atoms. The molecule has 4 nitrogen and oxygen atoms in total. The molecule has 1 atom stereocenters. The zero-order valence-electron chi connectivity index (χ0n) is 8.36. The van der Waals surface area contributed by atoms with Crippen LogP contribution in [0.1, 0.15) is 37.9 Å². The molecule has 2 rings (SSSR count). The second kappa shape index (κ2) is 3.82. The van der Waals surface area contributed by atoms with Gasteiger partial charge in [0, 0.05) is 19.2 Å². The summed E-state index contributed by atoms with van der Waals surface area (Å²) < 4.78 is 0. The summed E-state index contributed by atoms with van der Waals surface area (Å²) in [5, 5.41) is 6.87. The summed E-state index contributed by atoms with van der Waals surface area (Å²) in [6.45, 7) is 2.79. The molecule has 1 aromatic rings. The lowest BCUT2D eigenvalue weighted by Crippen LogP contribution is -2.29. The SMILES string of the molecule is CCC(=O)N1CCC[C@@H]1c1ccn[nH]1. The Hall–Kier alpha value is -1.32. The molecule has 0 aromatic carbocycles. The van der Waals surface area contributed by atoms with E-state index in [2.05, 4.69) is 10.2 Å². The number of carbonyl (C=O) groups excluding carboxylic acids is 1. The Kier molecular flexibility index (Phi) is 2.52. The van der Waals surface area contributed by atoms with Crippen LogP contribution in [0.15, 0.2) is 12.3 Å². The van der Waals surface area contributed by atoms with Crippen molar-refractivity contribution in [2.75, 3.05) is 6.54 Å². The average Bonchev–Trinajstić information content (AvgIpc) is 2.85. The van der Waals surface area contributed by atoms with E-state index in [-0.39, 0.29) is 11.9 Å². The van der Waals surface area contributed by atoms with Crippen LogP contribution < -0.4 is 0 Å². The lowest BCUT2D eigenvalue weighted by molar-refractivity contribution is -0.131. The number of rotatable bonds is 2. The van der Waals surface area contributed by atoms with Gasteiger partial charge >= 0.3 is 0 Å². The van der Waals surface area contributed by atoms with Gasteiger partial charge in [0.05, 0.1) is 11.7 Å². The molecule has 1 N–H and O–H groups in total. The second-order valence-electron chi connectivity index (χ2n) is 3.61. The van der Waals surface area contributed by atoms with E-state index in [1.54, 1.807) is 6.20 Å². The molecule has 1 aromatic heterocycles. The van der Waals surface area contributed by atoms with Crippen molar-refractivity contribution >= 4 is 5.91 Å². The fourth-order valence-electron chi connectivity index (χ4n) is 2.04. The standard InChI is InChI=1S/C10H15N3O/c1-2-10(14)13-7-3-4-9(13)8-5-6-11-12-8/h5-6,9H,2-4,7H2,1H3,(H,11,12)/t9-/m1/s1. The van der Waals surface area contributed by atoms with E-state index in [9.17, 15) is 4.79 Å². The molecule has 0 radical (unpaired) electrons. The van der Waals surface area contributed by atoms with E-state index >= 15 is 0 Å². The van der Waals surface area contributed by atoms with Crippen molar-refractivity contribution in [2.45, 2.75) is 32.2 Å². The Morgan fingerprint density at radius 3 is 3.29 bits per heavy atom. The van der Waals surface area contributed by atoms with Gasteiger partial charge in [-0.3, -0.25) is 9.89 Å². The van der Waals surface area contributed by atoms with Crippen molar-refractivity contribution in [3.63, 3.8) is 0 Å². The first-order valence-corrected chi connectivity index (χ1v) is 5.11. The number of hydrogen-bond acceptors (Lipinski definition) is 2. The van der Waals surface area contributed by atoms with Crippen molar-refractivity contribution in [3.8, 4) is 0 Å². The van der Waals surface area contributed by atoms with Gasteiger partial charge in [-0.1, -0.05) is 6.92 Å². The monoisotopic (exact) mass is 193 g/mol. The van der Waals surface area contributed by atoms with Crippen molar-refractivity contribution in [2.24, 2.45) is 0 Å². The zero-order chi connectivity index (χ0) is 9.97. The minimum Gasteiger partial charge on any atom is -0.334 e. The third-order valence-corrected chi connectivity index (χ3v) is 2.76. The van der Waals surface area contributed by atoms with Crippen LogP contribution in [0.4, 0.5) is 0 Å². The molecule has 1 aliphatic rings. The molecule has 0 unspecified atom stereocenters. The van der Waals surface area contributed by atoms with Gasteiger partial charge in [-0.05, 0) is 18.9 Å². The van der Waals surface area contributed by atoms with E-state index < -0.39 is 0 Å². The highest BCUT2D eigenvalue weighted by atomic mass is 16.2. The molecule has 2 heterocycles. The molecule has 76 valence electrons. The Labute approximate surface area is 83.3 Å². The van der Waals surface area contributed by atoms with Crippen LogP contribution in [0.2, 0.25) is 0 Å². The summed E-state index contributed by atoms with van der Waals surface area (Å²) in [6, 6.07) is 2.18. The maximum Gasteiger partial charge on any atom is 0.222 e. The number of H-pyrrole nitrogens is 1. The van der Waals surface area contributed by atoms with Gasteiger partial charge < -0.3 is 4.90 Å². The first-order valence-electron chi connectivity index (χ1n) is 5.11. The number of hydrogen-bond donors (Lipinski definition) is 1. The first kappa shape index (κ1) is 9.24. The molecule has 0 saturated carbocycles. The van der Waals surface area contributed by atoms with E-state index in [0.29, 0.717) is 6.42 Å². The first-order chi connectivity index (χ1) is 6.83. The summed E-state index contributed by atoms with van der Waals surface area (Å²) in [4.78, 5) is 13.6. The van der Waals surface area contributed by atoms with Crippen LogP contribution in [0.5, 0.6) is 0 Å². The summed E-state index contributed by atoms with van der Waals surface area (Å²) in [5.41, 5.74) is 1.06. The smallest absolute Gasteiger partial charge is 0.222 e. The summed E-state index contributed by atoms with van der Waals surface area (Å²) in [7, 11) is 0. The van der Waals surface area contributed by atoms with Crippen LogP contribution in [0, 0.1) is 0 Å². The van der Waals surface area contributed by atoms with Crippen molar-refractivity contribution in [1.29, 1.82) is 0 Å². The third kappa shape index (κ3) is 1.52. The third-order valence-electron chi connectivity index (χ3n) is 2.76. The van der Waals surface area contributed by atoms with Gasteiger partial charge in [-0.2, -0.15) is 5.10 Å². The quantitative estimate of drug-likeness (QED) is 0.773. The minimum absolute atomic E-state index is 0.227. The van der Waals surface area contributed by atoms with Crippen LogP contribution in [-0.4, -0.2) is 27.5 Å². The molecular weight excluding hydrogens is 178 g/mol. The Balaban J connectivity index is 2.15. The van der Waals surface area contributed by atoms with E-state index in [1.165, 1.54) is 0 Å². The Morgan fingerprint density at radius 1 is 1.79 bits per heavy atom. The van der Waals surface area contributed by atoms with Crippen LogP contribution in [0.3, 0.4) is 0 Å². The number of nitrogens with zero attached hydrogens (tertiary/aromatic N) is 2. The summed E-state index contributed by atoms with van der Waals surface area (Å²) in [5.74, 6) is 0.238. The minimum atomic E-state index is 0.227. The maximum absolute atomic E-state index is 11.6. The Bertz CT molecular complexity index is 307. The van der Waals surface area contributed by atoms with Crippen LogP contribution >= 0.6 is 0 Å². The number of aromatic amines is 1. The molecular formula is C10H15N3O. The molecule has 0 spiro atoms. The highest BCUT2D eigenvalue weighted by Gasteiger charge is 2.29. The van der Waals surface area contributed by atoms with Gasteiger partial charge in [-0.15, -0.1) is 0 Å². The maximum atomic E-state index is 11.6. The second-order valence-corrected chi connectivity index (χ2v) is 3.61. The molecule has 1 fully saturated rings. The molecule has 4 heteroatoms. The number of carbonyl (C=O) groups is 1. The predicted molar refractivity (Wildman–Crippen MR) is 52.6 cm³/mol. The summed E-state index contributed by atoms with van der Waals surface area (Å²) in [6.07, 6.45) is 4.47. The van der Waals surface area contributed by atoms with E-state index in [1.807, 2.05) is 17.9 Å². The molecule has 1 aliphatic heterocycles. The number of aromatic nitrogens is 2. The molecule has 1 saturated heterocycles. The lowest BCUT2D eigenvalue weighted by atomic mass is 10.1. The molecule has 14 heavy (non-hydrogen) atoms. The van der Waals surface area contributed by atoms with Crippen LogP contribution in [-0.2, 0) is 4.79 Å². The van der Waals surface area contributed by atoms with E-state index in [0.717, 1.165) is 25.1 Å². The fraction of sp³-hybridized carbons (Fsp3) is 0.600. The van der Waals surface area contributed by atoms with Gasteiger partial charge in [0.25, 0.3) is 0 Å². The van der Waals surface area contributed by atoms with Crippen molar-refractivity contribution in [1.82, 2.24) is 15.1 Å². The highest BCUT2D eigenvalue weighted by molar-refractivity contribution is 5.76. The van der Waals surface area contributed by atoms with Gasteiger partial charge in [0.15, 0.2) is 0 Å². The Morgan fingerprint density at radius 2 is 2.64 bits per heavy atom. The fourth-order valence-corrected chi connectivity index (χ4v) is 2.04. The number of nitrogens with one attached hydrogen (secondary N) is 1. The number of amides is 1.